The Hall–Kier alpha value is -2.40. The van der Waals surface area contributed by atoms with E-state index in [1.54, 1.807) is 17.9 Å². The largest absolute Gasteiger partial charge is 0.342 e. The average Bonchev–Trinajstić information content (AvgIpc) is 2.84. The molecule has 11 heteroatoms. The fourth-order valence-corrected chi connectivity index (χ4v) is 3.06. The summed E-state index contributed by atoms with van der Waals surface area (Å²) < 4.78 is 34.9. The lowest BCUT2D eigenvalue weighted by molar-refractivity contribution is -0.119. The summed E-state index contributed by atoms with van der Waals surface area (Å²) in [5.41, 5.74) is -0.404. The first-order valence-electron chi connectivity index (χ1n) is 11.1. The van der Waals surface area contributed by atoms with Gasteiger partial charge in [-0.05, 0) is 33.8 Å². The Morgan fingerprint density at radius 2 is 1.61 bits per heavy atom. The smallest absolute Gasteiger partial charge is 0.323 e. The highest BCUT2D eigenvalue weighted by atomic mass is 19.3. The number of amides is 3. The molecular weight excluding hydrogens is 437 g/mol. The number of piperazine rings is 2. The normalized spacial score (nSPS) is 18.0. The van der Waals surface area contributed by atoms with Gasteiger partial charge in [0.15, 0.2) is 0 Å². The van der Waals surface area contributed by atoms with Gasteiger partial charge in [0.25, 0.3) is 6.43 Å². The van der Waals surface area contributed by atoms with Crippen molar-refractivity contribution in [3.8, 4) is 0 Å². The van der Waals surface area contributed by atoms with Gasteiger partial charge in [-0.3, -0.25) is 19.4 Å². The van der Waals surface area contributed by atoms with Crippen LogP contribution >= 0.6 is 0 Å². The third-order valence-corrected chi connectivity index (χ3v) is 4.96. The number of urea groups is 1. The van der Waals surface area contributed by atoms with Crippen LogP contribution in [0.5, 0.6) is 0 Å². The predicted molar refractivity (Wildman–Crippen MR) is 126 cm³/mol. The van der Waals surface area contributed by atoms with E-state index in [0.717, 1.165) is 25.5 Å². The second-order valence-electron chi connectivity index (χ2n) is 7.45. The quantitative estimate of drug-likeness (QED) is 0.363. The molecule has 0 aromatic rings. The van der Waals surface area contributed by atoms with Gasteiger partial charge < -0.3 is 15.1 Å². The number of halogens is 3. The predicted octanol–water partition coefficient (Wildman–Crippen LogP) is 2.50. The van der Waals surface area contributed by atoms with Crippen molar-refractivity contribution in [3.05, 3.63) is 23.9 Å². The molecule has 0 bridgehead atoms. The first-order chi connectivity index (χ1) is 15.8. The van der Waals surface area contributed by atoms with Crippen molar-refractivity contribution in [3.63, 3.8) is 0 Å². The van der Waals surface area contributed by atoms with E-state index in [-0.39, 0.29) is 5.84 Å². The molecule has 2 heterocycles. The summed E-state index contributed by atoms with van der Waals surface area (Å²) in [6, 6.07) is 0.305. The zero-order valence-electron chi connectivity index (χ0n) is 20.4. The van der Waals surface area contributed by atoms with E-state index in [1.165, 1.54) is 37.1 Å². The highest BCUT2D eigenvalue weighted by molar-refractivity contribution is 6.04. The van der Waals surface area contributed by atoms with E-state index in [4.69, 9.17) is 0 Å². The molecule has 2 aliphatic rings. The van der Waals surface area contributed by atoms with Crippen LogP contribution in [-0.2, 0) is 4.79 Å². The van der Waals surface area contributed by atoms with Crippen LogP contribution in [0.1, 0.15) is 27.7 Å². The molecule has 2 N–H and O–H groups in total. The number of nitrogens with one attached hydrogen (secondary N) is 2. The second-order valence-corrected chi connectivity index (χ2v) is 7.45. The minimum atomic E-state index is -2.71. The van der Waals surface area contributed by atoms with Crippen molar-refractivity contribution in [2.75, 3.05) is 59.5 Å². The van der Waals surface area contributed by atoms with Crippen LogP contribution in [0.3, 0.4) is 0 Å². The van der Waals surface area contributed by atoms with E-state index in [0.29, 0.717) is 33.4 Å². The fraction of sp³-hybridized carbons (Fsp3) is 0.682. The highest BCUT2D eigenvalue weighted by Crippen LogP contribution is 2.10. The standard InChI is InChI=1S/C14H20F2N4O2.C7H16N2.CH3F/c1-3-5-12(17-11(4-2)13(15)16)18-14(22)20-8-6-19(10-21)7-9-20;1-7(2)9-5-3-8-4-6-9;1-2/h3-5,10,13H,6-9H2,1-2H3,(H,17,18,22);7-8H,3-6H2,1-2H3;1H3/b5-3+,11-4-;;. The number of amidine groups is 1. The van der Waals surface area contributed by atoms with Gasteiger partial charge in [0.2, 0.25) is 6.41 Å². The molecule has 190 valence electrons. The van der Waals surface area contributed by atoms with Crippen molar-refractivity contribution in [2.45, 2.75) is 40.2 Å². The monoisotopic (exact) mass is 476 g/mol. The summed E-state index contributed by atoms with van der Waals surface area (Å²) in [6.45, 7) is 14.1. The van der Waals surface area contributed by atoms with Gasteiger partial charge in [-0.15, -0.1) is 0 Å². The Labute approximate surface area is 195 Å². The van der Waals surface area contributed by atoms with E-state index in [9.17, 15) is 22.8 Å². The van der Waals surface area contributed by atoms with Crippen molar-refractivity contribution < 1.29 is 22.8 Å². The topological polar surface area (TPSA) is 80.3 Å². The molecule has 2 rings (SSSR count). The zero-order valence-corrected chi connectivity index (χ0v) is 20.4. The molecule has 8 nitrogen and oxygen atoms in total. The van der Waals surface area contributed by atoms with E-state index >= 15 is 0 Å². The van der Waals surface area contributed by atoms with Crippen LogP contribution in [0, 0.1) is 0 Å². The Morgan fingerprint density at radius 3 is 2.00 bits per heavy atom. The van der Waals surface area contributed by atoms with Crippen LogP contribution < -0.4 is 10.6 Å². The summed E-state index contributed by atoms with van der Waals surface area (Å²) in [4.78, 5) is 32.1. The third-order valence-electron chi connectivity index (χ3n) is 4.96. The zero-order chi connectivity index (χ0) is 25.2. The maximum absolute atomic E-state index is 12.7. The Kier molecular flexibility index (Phi) is 16.8. The Morgan fingerprint density at radius 1 is 1.03 bits per heavy atom. The summed E-state index contributed by atoms with van der Waals surface area (Å²) in [6.07, 6.45) is 2.28. The van der Waals surface area contributed by atoms with Gasteiger partial charge in [0.1, 0.15) is 11.5 Å². The minimum Gasteiger partial charge on any atom is -0.342 e. The molecule has 2 fully saturated rings. The van der Waals surface area contributed by atoms with Crippen LogP contribution in [0.15, 0.2) is 28.9 Å². The number of hydrogen-bond acceptors (Lipinski definition) is 5. The number of nitrogens with zero attached hydrogens (tertiary/aromatic N) is 4. The van der Waals surface area contributed by atoms with Gasteiger partial charge >= 0.3 is 6.03 Å². The van der Waals surface area contributed by atoms with E-state index < -0.39 is 18.2 Å². The first-order valence-corrected chi connectivity index (χ1v) is 11.1. The molecule has 2 saturated heterocycles. The van der Waals surface area contributed by atoms with Gasteiger partial charge in [-0.1, -0.05) is 12.2 Å². The van der Waals surface area contributed by atoms with Crippen LogP contribution in [0.4, 0.5) is 18.0 Å². The highest BCUT2D eigenvalue weighted by Gasteiger charge is 2.21. The molecule has 0 saturated carbocycles. The van der Waals surface area contributed by atoms with Gasteiger partial charge in [-0.2, -0.15) is 0 Å². The molecular formula is C22H39F3N6O2. The number of rotatable bonds is 5. The number of alkyl halides is 3. The third kappa shape index (κ3) is 12.4. The SMILES string of the molecule is CC(C)N1CCNCC1.CF.C\C=C(/N=C(/C=C/C)NC(=O)N1CCN(C=O)CC1)C(F)F. The molecule has 0 aromatic heterocycles. The maximum atomic E-state index is 12.7. The lowest BCUT2D eigenvalue weighted by Crippen LogP contribution is -2.52. The molecule has 0 aliphatic carbocycles. The van der Waals surface area contributed by atoms with Gasteiger partial charge in [0, 0.05) is 58.4 Å². The molecule has 3 amide bonds. The Bertz CT molecular complexity index is 642. The number of aliphatic imine (C=N–C) groups is 1. The second kappa shape index (κ2) is 18.1. The molecule has 0 aromatic carbocycles. The molecule has 0 radical (unpaired) electrons. The summed E-state index contributed by atoms with van der Waals surface area (Å²) in [5.74, 6) is 0.0544. The summed E-state index contributed by atoms with van der Waals surface area (Å²) in [7, 11) is 0.500. The van der Waals surface area contributed by atoms with Crippen LogP contribution in [-0.4, -0.2) is 105 Å². The lowest BCUT2D eigenvalue weighted by Gasteiger charge is -2.32. The summed E-state index contributed by atoms with van der Waals surface area (Å²) in [5, 5.41) is 5.84. The van der Waals surface area contributed by atoms with Crippen molar-refractivity contribution in [1.82, 2.24) is 25.3 Å². The van der Waals surface area contributed by atoms with Crippen molar-refractivity contribution >= 4 is 18.3 Å². The number of allylic oxidation sites excluding steroid dienone is 3. The Balaban J connectivity index is 0.000000770. The molecule has 2 aliphatic heterocycles. The number of carbonyl (C=O) groups is 2. The van der Waals surface area contributed by atoms with Crippen LogP contribution in [0.25, 0.3) is 0 Å². The fourth-order valence-electron chi connectivity index (χ4n) is 3.06. The van der Waals surface area contributed by atoms with Crippen molar-refractivity contribution in [2.24, 2.45) is 4.99 Å². The van der Waals surface area contributed by atoms with Gasteiger partial charge in [0.05, 0.1) is 7.18 Å². The molecule has 0 atom stereocenters. The van der Waals surface area contributed by atoms with Gasteiger partial charge in [-0.25, -0.2) is 18.6 Å². The molecule has 33 heavy (non-hydrogen) atoms. The van der Waals surface area contributed by atoms with Crippen LogP contribution in [0.2, 0.25) is 0 Å². The van der Waals surface area contributed by atoms with E-state index in [2.05, 4.69) is 34.4 Å². The molecule has 0 unspecified atom stereocenters. The lowest BCUT2D eigenvalue weighted by atomic mass is 10.3. The molecule has 0 spiro atoms. The maximum Gasteiger partial charge on any atom is 0.323 e. The minimum absolute atomic E-state index is 0.0544. The number of hydrogen-bond donors (Lipinski definition) is 2. The van der Waals surface area contributed by atoms with Crippen molar-refractivity contribution in [1.29, 1.82) is 0 Å². The first kappa shape index (κ1) is 30.6. The average molecular weight is 477 g/mol. The van der Waals surface area contributed by atoms with E-state index in [1.807, 2.05) is 0 Å². The summed E-state index contributed by atoms with van der Waals surface area (Å²) >= 11 is 0. The number of carbonyl (C=O) groups excluding carboxylic acids is 2.